The molecule has 0 atom stereocenters. The van der Waals surface area contributed by atoms with E-state index < -0.39 is 0 Å². The van der Waals surface area contributed by atoms with E-state index in [2.05, 4.69) is 13.8 Å². The van der Waals surface area contributed by atoms with Crippen LogP contribution in [0.1, 0.15) is 39.5 Å². The van der Waals surface area contributed by atoms with Crippen molar-refractivity contribution in [2.45, 2.75) is 39.5 Å². The summed E-state index contributed by atoms with van der Waals surface area (Å²) in [6.07, 6.45) is 4.08. The van der Waals surface area contributed by atoms with Gasteiger partial charge in [0.1, 0.15) is 0 Å². The lowest BCUT2D eigenvalue weighted by atomic mass is 10.1. The Hall–Kier alpha value is -0.120. The van der Waals surface area contributed by atoms with Gasteiger partial charge in [-0.2, -0.15) is 0 Å². The van der Waals surface area contributed by atoms with Crippen LogP contribution in [0.25, 0.3) is 0 Å². The lowest BCUT2D eigenvalue weighted by Crippen LogP contribution is -2.10. The van der Waals surface area contributed by atoms with Crippen molar-refractivity contribution in [1.29, 1.82) is 0 Å². The average Bonchev–Trinajstić information content (AvgIpc) is 2.27. The molecule has 3 nitrogen and oxygen atoms in total. The third-order valence-electron chi connectivity index (χ3n) is 2.53. The second-order valence-corrected chi connectivity index (χ2v) is 3.80. The van der Waals surface area contributed by atoms with E-state index >= 15 is 0 Å². The molecule has 1 N–H and O–H groups in total. The van der Waals surface area contributed by atoms with Crippen LogP contribution in [-0.2, 0) is 9.47 Å². The van der Waals surface area contributed by atoms with Gasteiger partial charge in [-0.05, 0) is 18.8 Å². The molecule has 0 fully saturated rings. The molecular weight excluding hydrogens is 192 g/mol. The Balaban J connectivity index is 3.04. The van der Waals surface area contributed by atoms with Crippen molar-refractivity contribution in [3.05, 3.63) is 0 Å². The van der Waals surface area contributed by atoms with E-state index in [0.717, 1.165) is 32.7 Å². The van der Waals surface area contributed by atoms with Crippen molar-refractivity contribution < 1.29 is 14.6 Å². The highest BCUT2D eigenvalue weighted by Crippen LogP contribution is 2.07. The number of aliphatic hydroxyl groups excluding tert-OH is 1. The number of rotatable bonds is 11. The van der Waals surface area contributed by atoms with Crippen LogP contribution >= 0.6 is 0 Å². The molecule has 0 aliphatic heterocycles. The highest BCUT2D eigenvalue weighted by molar-refractivity contribution is 4.51. The molecule has 0 saturated heterocycles. The summed E-state index contributed by atoms with van der Waals surface area (Å²) in [6, 6.07) is 0. The van der Waals surface area contributed by atoms with Gasteiger partial charge in [0.25, 0.3) is 0 Å². The van der Waals surface area contributed by atoms with Crippen LogP contribution in [0.2, 0.25) is 0 Å². The maximum absolute atomic E-state index is 8.52. The second kappa shape index (κ2) is 12.0. The highest BCUT2D eigenvalue weighted by atomic mass is 16.5. The minimum Gasteiger partial charge on any atom is -0.396 e. The molecule has 0 radical (unpaired) electrons. The van der Waals surface area contributed by atoms with E-state index in [1.165, 1.54) is 12.8 Å². The van der Waals surface area contributed by atoms with Crippen LogP contribution in [0.5, 0.6) is 0 Å². The van der Waals surface area contributed by atoms with Gasteiger partial charge in [-0.25, -0.2) is 0 Å². The summed E-state index contributed by atoms with van der Waals surface area (Å²) in [5.41, 5.74) is 0. The van der Waals surface area contributed by atoms with Crippen molar-refractivity contribution in [2.24, 2.45) is 5.92 Å². The van der Waals surface area contributed by atoms with Crippen LogP contribution in [0.3, 0.4) is 0 Å². The number of aliphatic hydroxyl groups is 1. The molecule has 0 amide bonds. The maximum atomic E-state index is 8.52. The molecule has 3 heteroatoms. The van der Waals surface area contributed by atoms with Gasteiger partial charge in [0.15, 0.2) is 0 Å². The third kappa shape index (κ3) is 10.2. The smallest absolute Gasteiger partial charge is 0.0494 e. The third-order valence-corrected chi connectivity index (χ3v) is 2.53. The molecular formula is C12H26O3. The van der Waals surface area contributed by atoms with Gasteiger partial charge in [0.05, 0.1) is 0 Å². The zero-order valence-electron chi connectivity index (χ0n) is 10.2. The molecule has 0 aromatic rings. The van der Waals surface area contributed by atoms with Crippen molar-refractivity contribution >= 4 is 0 Å². The van der Waals surface area contributed by atoms with Crippen LogP contribution in [0.15, 0.2) is 0 Å². The lowest BCUT2D eigenvalue weighted by molar-refractivity contribution is 0.0607. The summed E-state index contributed by atoms with van der Waals surface area (Å²) >= 11 is 0. The summed E-state index contributed by atoms with van der Waals surface area (Å²) in [4.78, 5) is 0. The predicted molar refractivity (Wildman–Crippen MR) is 62.0 cm³/mol. The topological polar surface area (TPSA) is 38.7 Å². The zero-order valence-corrected chi connectivity index (χ0v) is 10.2. The van der Waals surface area contributed by atoms with E-state index in [1.54, 1.807) is 0 Å². The lowest BCUT2D eigenvalue weighted by Gasteiger charge is -2.12. The normalized spacial score (nSPS) is 11.2. The SMILES string of the molecule is CCC(CC)COCCCOCCCO. The Morgan fingerprint density at radius 3 is 2.13 bits per heavy atom. The largest absolute Gasteiger partial charge is 0.396 e. The van der Waals surface area contributed by atoms with Crippen LogP contribution in [0, 0.1) is 5.92 Å². The number of hydrogen-bond donors (Lipinski definition) is 1. The standard InChI is InChI=1S/C12H26O3/c1-3-12(4-2)11-15-10-6-9-14-8-5-7-13/h12-13H,3-11H2,1-2H3. The Labute approximate surface area is 93.8 Å². The Bertz CT molecular complexity index is 113. The van der Waals surface area contributed by atoms with Gasteiger partial charge in [-0.3, -0.25) is 0 Å². The first kappa shape index (κ1) is 14.9. The van der Waals surface area contributed by atoms with Crippen LogP contribution in [0.4, 0.5) is 0 Å². The quantitative estimate of drug-likeness (QED) is 0.540. The van der Waals surface area contributed by atoms with Gasteiger partial charge in [0, 0.05) is 33.0 Å². The Kier molecular flexibility index (Phi) is 11.9. The summed E-state index contributed by atoms with van der Waals surface area (Å²) < 4.78 is 10.8. The molecule has 0 spiro atoms. The van der Waals surface area contributed by atoms with Gasteiger partial charge in [0.2, 0.25) is 0 Å². The molecule has 0 aliphatic rings. The molecule has 92 valence electrons. The van der Waals surface area contributed by atoms with Crippen molar-refractivity contribution in [1.82, 2.24) is 0 Å². The maximum Gasteiger partial charge on any atom is 0.0494 e. The fourth-order valence-corrected chi connectivity index (χ4v) is 1.31. The van der Waals surface area contributed by atoms with Crippen molar-refractivity contribution in [3.63, 3.8) is 0 Å². The van der Waals surface area contributed by atoms with Crippen LogP contribution < -0.4 is 0 Å². The molecule has 0 heterocycles. The minimum absolute atomic E-state index is 0.213. The summed E-state index contributed by atoms with van der Waals surface area (Å²) in [5.74, 6) is 0.709. The first-order valence-electron chi connectivity index (χ1n) is 6.11. The molecule has 0 aromatic carbocycles. The van der Waals surface area contributed by atoms with Crippen molar-refractivity contribution in [2.75, 3.05) is 33.0 Å². The zero-order chi connectivity index (χ0) is 11.4. The number of ether oxygens (including phenoxy) is 2. The van der Waals surface area contributed by atoms with Gasteiger partial charge >= 0.3 is 0 Å². The van der Waals surface area contributed by atoms with E-state index in [9.17, 15) is 0 Å². The molecule has 0 bridgehead atoms. The molecule has 0 aromatic heterocycles. The molecule has 0 saturated carbocycles. The minimum atomic E-state index is 0.213. The van der Waals surface area contributed by atoms with Crippen LogP contribution in [-0.4, -0.2) is 38.1 Å². The van der Waals surface area contributed by atoms with E-state index in [-0.39, 0.29) is 6.61 Å². The van der Waals surface area contributed by atoms with Gasteiger partial charge < -0.3 is 14.6 Å². The van der Waals surface area contributed by atoms with E-state index in [0.29, 0.717) is 12.5 Å². The average molecular weight is 218 g/mol. The van der Waals surface area contributed by atoms with E-state index in [4.69, 9.17) is 14.6 Å². The molecule has 0 unspecified atom stereocenters. The number of hydrogen-bond acceptors (Lipinski definition) is 3. The fraction of sp³-hybridized carbons (Fsp3) is 1.00. The van der Waals surface area contributed by atoms with Crippen molar-refractivity contribution in [3.8, 4) is 0 Å². The summed E-state index contributed by atoms with van der Waals surface area (Å²) in [7, 11) is 0. The predicted octanol–water partition coefficient (Wildman–Crippen LogP) is 2.23. The second-order valence-electron chi connectivity index (χ2n) is 3.80. The monoisotopic (exact) mass is 218 g/mol. The first-order valence-corrected chi connectivity index (χ1v) is 6.11. The molecule has 15 heavy (non-hydrogen) atoms. The summed E-state index contributed by atoms with van der Waals surface area (Å²) in [5, 5.41) is 8.52. The molecule has 0 aliphatic carbocycles. The highest BCUT2D eigenvalue weighted by Gasteiger charge is 2.02. The van der Waals surface area contributed by atoms with Gasteiger partial charge in [-0.1, -0.05) is 26.7 Å². The molecule has 0 rings (SSSR count). The van der Waals surface area contributed by atoms with Gasteiger partial charge in [-0.15, -0.1) is 0 Å². The first-order chi connectivity index (χ1) is 7.35. The summed E-state index contributed by atoms with van der Waals surface area (Å²) in [6.45, 7) is 7.68. The Morgan fingerprint density at radius 2 is 1.53 bits per heavy atom. The fourth-order valence-electron chi connectivity index (χ4n) is 1.31. The Morgan fingerprint density at radius 1 is 0.933 bits per heavy atom. The van der Waals surface area contributed by atoms with E-state index in [1.807, 2.05) is 0 Å².